The van der Waals surface area contributed by atoms with Crippen molar-refractivity contribution in [2.75, 3.05) is 11.1 Å². The summed E-state index contributed by atoms with van der Waals surface area (Å²) in [5.74, 6) is 1.58. The van der Waals surface area contributed by atoms with E-state index in [2.05, 4.69) is 20.5 Å². The molecule has 0 aliphatic carbocycles. The van der Waals surface area contributed by atoms with Crippen LogP contribution in [-0.4, -0.2) is 31.4 Å². The molecular formula is C16H17N5O2S2. The summed E-state index contributed by atoms with van der Waals surface area (Å²) in [4.78, 5) is 16.0. The second kappa shape index (κ2) is 8.13. The number of carbonyl (C=O) groups excluding carboxylic acids is 1. The van der Waals surface area contributed by atoms with E-state index in [0.717, 1.165) is 5.75 Å². The van der Waals surface area contributed by atoms with E-state index in [4.69, 9.17) is 4.74 Å². The number of benzene rings is 1. The number of hydrogen-bond acceptors (Lipinski definition) is 7. The number of nitrogens with one attached hydrogen (secondary N) is 1. The maximum Gasteiger partial charge on any atom is 0.236 e. The summed E-state index contributed by atoms with van der Waals surface area (Å²) >= 11 is 2.70. The molecule has 0 aliphatic rings. The third-order valence-corrected chi connectivity index (χ3v) is 5.01. The molecule has 0 saturated heterocycles. The molecule has 0 fully saturated rings. The van der Waals surface area contributed by atoms with E-state index >= 15 is 0 Å². The Bertz CT molecular complexity index is 820. The van der Waals surface area contributed by atoms with Gasteiger partial charge in [-0.15, -0.1) is 21.5 Å². The normalized spacial score (nSPS) is 11.9. The molecular weight excluding hydrogens is 358 g/mol. The number of aromatic nitrogens is 4. The molecule has 25 heavy (non-hydrogen) atoms. The van der Waals surface area contributed by atoms with Gasteiger partial charge in [0, 0.05) is 18.6 Å². The SMILES string of the molecule is C[C@H](Oc1ccccc1)c1nnc(SCC(=O)Nc2nccs2)n1C. The average Bonchev–Trinajstić information content (AvgIpc) is 3.23. The lowest BCUT2D eigenvalue weighted by molar-refractivity contribution is -0.113. The Hall–Kier alpha value is -2.39. The summed E-state index contributed by atoms with van der Waals surface area (Å²) in [7, 11) is 1.86. The van der Waals surface area contributed by atoms with Crippen LogP contribution in [0.3, 0.4) is 0 Å². The number of carbonyl (C=O) groups is 1. The Morgan fingerprint density at radius 3 is 2.88 bits per heavy atom. The first-order chi connectivity index (χ1) is 12.1. The minimum atomic E-state index is -0.251. The predicted molar refractivity (Wildman–Crippen MR) is 98.0 cm³/mol. The molecule has 0 bridgehead atoms. The van der Waals surface area contributed by atoms with E-state index in [1.807, 2.05) is 54.3 Å². The van der Waals surface area contributed by atoms with Crippen LogP contribution >= 0.6 is 23.1 Å². The van der Waals surface area contributed by atoms with Crippen molar-refractivity contribution >= 4 is 34.1 Å². The van der Waals surface area contributed by atoms with Crippen molar-refractivity contribution in [2.45, 2.75) is 18.2 Å². The van der Waals surface area contributed by atoms with Crippen LogP contribution in [0.25, 0.3) is 0 Å². The summed E-state index contributed by atoms with van der Waals surface area (Å²) in [6, 6.07) is 9.56. The van der Waals surface area contributed by atoms with Gasteiger partial charge in [-0.25, -0.2) is 4.98 Å². The zero-order valence-corrected chi connectivity index (χ0v) is 15.4. The minimum Gasteiger partial charge on any atom is -0.483 e. The number of ether oxygens (including phenoxy) is 1. The van der Waals surface area contributed by atoms with Crippen LogP contribution in [-0.2, 0) is 11.8 Å². The third-order valence-electron chi connectivity index (χ3n) is 3.30. The van der Waals surface area contributed by atoms with Crippen molar-refractivity contribution in [1.29, 1.82) is 0 Å². The van der Waals surface area contributed by atoms with E-state index < -0.39 is 0 Å². The fourth-order valence-corrected chi connectivity index (χ4v) is 3.40. The molecule has 1 atom stereocenters. The number of para-hydroxylation sites is 1. The predicted octanol–water partition coefficient (Wildman–Crippen LogP) is 3.14. The number of thioether (sulfide) groups is 1. The first-order valence-corrected chi connectivity index (χ1v) is 9.43. The Balaban J connectivity index is 1.58. The number of thiazole rings is 1. The molecule has 130 valence electrons. The first kappa shape index (κ1) is 17.4. The van der Waals surface area contributed by atoms with Crippen LogP contribution in [0, 0.1) is 0 Å². The summed E-state index contributed by atoms with van der Waals surface area (Å²) in [5.41, 5.74) is 0. The molecule has 2 aromatic heterocycles. The molecule has 0 spiro atoms. The maximum atomic E-state index is 11.9. The Morgan fingerprint density at radius 2 is 2.16 bits per heavy atom. The van der Waals surface area contributed by atoms with Crippen LogP contribution < -0.4 is 10.1 Å². The maximum absolute atomic E-state index is 11.9. The first-order valence-electron chi connectivity index (χ1n) is 7.56. The average molecular weight is 375 g/mol. The highest BCUT2D eigenvalue weighted by atomic mass is 32.2. The number of rotatable bonds is 7. The molecule has 0 saturated carbocycles. The van der Waals surface area contributed by atoms with Crippen molar-refractivity contribution < 1.29 is 9.53 Å². The zero-order valence-electron chi connectivity index (χ0n) is 13.7. The minimum absolute atomic E-state index is 0.127. The van der Waals surface area contributed by atoms with Gasteiger partial charge in [0.1, 0.15) is 5.75 Å². The molecule has 1 N–H and O–H groups in total. The quantitative estimate of drug-likeness (QED) is 0.639. The highest BCUT2D eigenvalue weighted by Gasteiger charge is 2.18. The van der Waals surface area contributed by atoms with Gasteiger partial charge in [0.05, 0.1) is 5.75 Å². The number of hydrogen-bond donors (Lipinski definition) is 1. The van der Waals surface area contributed by atoms with Gasteiger partial charge in [-0.1, -0.05) is 30.0 Å². The molecule has 0 radical (unpaired) electrons. The van der Waals surface area contributed by atoms with Gasteiger partial charge < -0.3 is 14.6 Å². The van der Waals surface area contributed by atoms with Gasteiger partial charge in [-0.3, -0.25) is 4.79 Å². The van der Waals surface area contributed by atoms with E-state index in [9.17, 15) is 4.79 Å². The molecule has 7 nitrogen and oxygen atoms in total. The highest BCUT2D eigenvalue weighted by Crippen LogP contribution is 2.23. The van der Waals surface area contributed by atoms with Crippen molar-refractivity contribution in [1.82, 2.24) is 19.7 Å². The molecule has 2 heterocycles. The fraction of sp³-hybridized carbons (Fsp3) is 0.250. The second-order valence-electron chi connectivity index (χ2n) is 5.15. The van der Waals surface area contributed by atoms with Crippen LogP contribution in [0.1, 0.15) is 18.9 Å². The van der Waals surface area contributed by atoms with E-state index in [0.29, 0.717) is 16.1 Å². The lowest BCUT2D eigenvalue weighted by Gasteiger charge is -2.14. The largest absolute Gasteiger partial charge is 0.483 e. The highest BCUT2D eigenvalue weighted by molar-refractivity contribution is 7.99. The summed E-state index contributed by atoms with van der Waals surface area (Å²) in [5, 5.41) is 14.1. The Morgan fingerprint density at radius 1 is 1.36 bits per heavy atom. The number of amides is 1. The summed E-state index contributed by atoms with van der Waals surface area (Å²) in [6.07, 6.45) is 1.40. The van der Waals surface area contributed by atoms with Crippen LogP contribution in [0.2, 0.25) is 0 Å². The lowest BCUT2D eigenvalue weighted by Crippen LogP contribution is -2.14. The number of anilines is 1. The lowest BCUT2D eigenvalue weighted by atomic mass is 10.3. The Kier molecular flexibility index (Phi) is 5.67. The number of nitrogens with zero attached hydrogens (tertiary/aromatic N) is 4. The van der Waals surface area contributed by atoms with Crippen LogP contribution in [0.4, 0.5) is 5.13 Å². The van der Waals surface area contributed by atoms with Crippen LogP contribution in [0.15, 0.2) is 47.1 Å². The molecule has 3 rings (SSSR count). The van der Waals surface area contributed by atoms with Crippen molar-refractivity contribution in [3.8, 4) is 5.75 Å². The van der Waals surface area contributed by atoms with Gasteiger partial charge in [0.2, 0.25) is 5.91 Å². The molecule has 0 unspecified atom stereocenters. The second-order valence-corrected chi connectivity index (χ2v) is 6.98. The molecule has 1 amide bonds. The van der Waals surface area contributed by atoms with Crippen molar-refractivity contribution in [2.24, 2.45) is 7.05 Å². The summed E-state index contributed by atoms with van der Waals surface area (Å²) < 4.78 is 7.71. The zero-order chi connectivity index (χ0) is 17.6. The summed E-state index contributed by atoms with van der Waals surface area (Å²) in [6.45, 7) is 1.92. The molecule has 9 heteroatoms. The van der Waals surface area contributed by atoms with Gasteiger partial charge in [0.15, 0.2) is 22.2 Å². The molecule has 1 aromatic carbocycles. The standard InChI is InChI=1S/C16H17N5O2S2/c1-11(23-12-6-4-3-5-7-12)14-19-20-16(21(14)2)25-10-13(22)18-15-17-8-9-24-15/h3-9,11H,10H2,1-2H3,(H,17,18,22)/t11-/m0/s1. The van der Waals surface area contributed by atoms with Gasteiger partial charge in [-0.05, 0) is 19.1 Å². The van der Waals surface area contributed by atoms with Crippen molar-refractivity contribution in [3.63, 3.8) is 0 Å². The van der Waals surface area contributed by atoms with Gasteiger partial charge >= 0.3 is 0 Å². The fourth-order valence-electron chi connectivity index (χ4n) is 2.13. The Labute approximate surface area is 153 Å². The topological polar surface area (TPSA) is 81.9 Å². The van der Waals surface area contributed by atoms with Crippen LogP contribution in [0.5, 0.6) is 5.75 Å². The van der Waals surface area contributed by atoms with E-state index in [-0.39, 0.29) is 17.8 Å². The van der Waals surface area contributed by atoms with Gasteiger partial charge in [0.25, 0.3) is 0 Å². The molecule has 3 aromatic rings. The monoisotopic (exact) mass is 375 g/mol. The van der Waals surface area contributed by atoms with Gasteiger partial charge in [-0.2, -0.15) is 0 Å². The van der Waals surface area contributed by atoms with E-state index in [1.165, 1.54) is 23.1 Å². The smallest absolute Gasteiger partial charge is 0.236 e. The van der Waals surface area contributed by atoms with Crippen molar-refractivity contribution in [3.05, 3.63) is 47.7 Å². The van der Waals surface area contributed by atoms with E-state index in [1.54, 1.807) is 6.20 Å². The third kappa shape index (κ3) is 4.58. The molecule has 0 aliphatic heterocycles.